The fourth-order valence-electron chi connectivity index (χ4n) is 1.91. The molecule has 0 amide bonds. The van der Waals surface area contributed by atoms with Crippen LogP contribution in [0.2, 0.25) is 0 Å². The smallest absolute Gasteiger partial charge is 0.332 e. The van der Waals surface area contributed by atoms with E-state index in [4.69, 9.17) is 0 Å². The number of thiol groups is 1. The maximum atomic E-state index is 12.0. The van der Waals surface area contributed by atoms with Crippen molar-refractivity contribution >= 4 is 23.8 Å². The van der Waals surface area contributed by atoms with Crippen LogP contribution in [-0.4, -0.2) is 29.5 Å². The summed E-state index contributed by atoms with van der Waals surface area (Å²) >= 11 is 3.99. The highest BCUT2D eigenvalue weighted by atomic mass is 32.1. The molecule has 2 aromatic heterocycles. The molecule has 7 nitrogen and oxygen atoms in total. The van der Waals surface area contributed by atoms with Crippen molar-refractivity contribution in [2.24, 2.45) is 21.1 Å². The van der Waals surface area contributed by atoms with Gasteiger partial charge < -0.3 is 9.67 Å². The number of aliphatic hydroxyl groups excluding tert-OH is 1. The molecule has 1 atom stereocenters. The van der Waals surface area contributed by atoms with E-state index in [0.29, 0.717) is 5.82 Å². The highest BCUT2D eigenvalue weighted by Gasteiger charge is 2.20. The second kappa shape index (κ2) is 4.29. The zero-order valence-corrected chi connectivity index (χ0v) is 11.2. The molecule has 18 heavy (non-hydrogen) atoms. The lowest BCUT2D eigenvalue weighted by Gasteiger charge is -2.06. The van der Waals surface area contributed by atoms with Gasteiger partial charge in [-0.1, -0.05) is 0 Å². The number of aryl methyl sites for hydroxylation is 2. The zero-order valence-electron chi connectivity index (χ0n) is 10.3. The lowest BCUT2D eigenvalue weighted by Crippen LogP contribution is -2.37. The summed E-state index contributed by atoms with van der Waals surface area (Å²) in [4.78, 5) is 28.0. The van der Waals surface area contributed by atoms with Crippen molar-refractivity contribution in [1.29, 1.82) is 0 Å². The van der Waals surface area contributed by atoms with Crippen LogP contribution >= 0.6 is 12.6 Å². The Bertz CT molecular complexity index is 727. The van der Waals surface area contributed by atoms with Gasteiger partial charge in [0.25, 0.3) is 5.56 Å². The maximum absolute atomic E-state index is 12.0. The number of aliphatic hydroxyl groups is 1. The SMILES string of the molecule is Cn1c(=O)c2c(nc(C(O)CS)n2C)n(C)c1=O. The highest BCUT2D eigenvalue weighted by Crippen LogP contribution is 2.16. The molecule has 0 saturated carbocycles. The van der Waals surface area contributed by atoms with Crippen molar-refractivity contribution in [2.75, 3.05) is 5.75 Å². The van der Waals surface area contributed by atoms with Gasteiger partial charge in [-0.2, -0.15) is 12.6 Å². The van der Waals surface area contributed by atoms with E-state index in [2.05, 4.69) is 17.6 Å². The predicted octanol–water partition coefficient (Wildman–Crippen LogP) is -1.07. The van der Waals surface area contributed by atoms with Crippen LogP contribution in [0.3, 0.4) is 0 Å². The third-order valence-electron chi connectivity index (χ3n) is 2.98. The summed E-state index contributed by atoms with van der Waals surface area (Å²) in [5.74, 6) is 0.504. The Hall–Kier alpha value is -1.54. The van der Waals surface area contributed by atoms with E-state index in [0.717, 1.165) is 4.57 Å². The summed E-state index contributed by atoms with van der Waals surface area (Å²) in [6, 6.07) is 0. The average Bonchev–Trinajstić information content (AvgIpc) is 2.71. The van der Waals surface area contributed by atoms with Crippen molar-refractivity contribution < 1.29 is 5.11 Å². The van der Waals surface area contributed by atoms with Crippen LogP contribution in [0.5, 0.6) is 0 Å². The fraction of sp³-hybridized carbons (Fsp3) is 0.500. The monoisotopic (exact) mass is 270 g/mol. The van der Waals surface area contributed by atoms with Gasteiger partial charge in [0.15, 0.2) is 11.2 Å². The molecule has 1 N–H and O–H groups in total. The fourth-order valence-corrected chi connectivity index (χ4v) is 2.08. The minimum atomic E-state index is -0.884. The van der Waals surface area contributed by atoms with Crippen LogP contribution in [0.15, 0.2) is 9.59 Å². The molecule has 0 fully saturated rings. The molecule has 0 spiro atoms. The Balaban J connectivity index is 2.98. The Morgan fingerprint density at radius 1 is 1.22 bits per heavy atom. The Labute approximate surface area is 108 Å². The van der Waals surface area contributed by atoms with Gasteiger partial charge in [0.2, 0.25) is 0 Å². The van der Waals surface area contributed by atoms with Gasteiger partial charge in [0, 0.05) is 26.9 Å². The van der Waals surface area contributed by atoms with Gasteiger partial charge in [-0.15, -0.1) is 0 Å². The molecular weight excluding hydrogens is 256 g/mol. The van der Waals surface area contributed by atoms with Gasteiger partial charge in [-0.25, -0.2) is 9.78 Å². The molecule has 2 rings (SSSR count). The second-order valence-electron chi connectivity index (χ2n) is 4.11. The topological polar surface area (TPSA) is 82.1 Å². The highest BCUT2D eigenvalue weighted by molar-refractivity contribution is 7.80. The number of rotatable bonds is 2. The van der Waals surface area contributed by atoms with Gasteiger partial charge in [-0.05, 0) is 0 Å². The van der Waals surface area contributed by atoms with E-state index >= 15 is 0 Å². The zero-order chi connectivity index (χ0) is 13.6. The molecule has 0 aliphatic rings. The number of fused-ring (bicyclic) bond motifs is 1. The van der Waals surface area contributed by atoms with Gasteiger partial charge in [-0.3, -0.25) is 13.9 Å². The van der Waals surface area contributed by atoms with Gasteiger partial charge >= 0.3 is 5.69 Å². The van der Waals surface area contributed by atoms with Crippen LogP contribution in [0.4, 0.5) is 0 Å². The molecule has 0 radical (unpaired) electrons. The van der Waals surface area contributed by atoms with Crippen molar-refractivity contribution in [1.82, 2.24) is 18.7 Å². The first-order chi connectivity index (χ1) is 8.40. The summed E-state index contributed by atoms with van der Waals surface area (Å²) in [7, 11) is 4.57. The van der Waals surface area contributed by atoms with E-state index in [9.17, 15) is 14.7 Å². The second-order valence-corrected chi connectivity index (χ2v) is 4.47. The molecule has 2 aromatic rings. The normalized spacial score (nSPS) is 13.2. The summed E-state index contributed by atoms with van der Waals surface area (Å²) in [5.41, 5.74) is -0.324. The number of nitrogens with zero attached hydrogens (tertiary/aromatic N) is 4. The largest absolute Gasteiger partial charge is 0.384 e. The molecule has 0 aromatic carbocycles. The molecule has 1 unspecified atom stereocenters. The molecule has 0 aliphatic heterocycles. The van der Waals surface area contributed by atoms with Crippen LogP contribution in [0, 0.1) is 0 Å². The maximum Gasteiger partial charge on any atom is 0.332 e. The van der Waals surface area contributed by atoms with Crippen LogP contribution < -0.4 is 11.2 Å². The third kappa shape index (κ3) is 1.60. The quantitative estimate of drug-likeness (QED) is 0.681. The Morgan fingerprint density at radius 2 is 1.83 bits per heavy atom. The lowest BCUT2D eigenvalue weighted by atomic mass is 10.4. The number of imidazole rings is 1. The van der Waals surface area contributed by atoms with E-state index in [1.54, 1.807) is 7.05 Å². The molecule has 2 heterocycles. The predicted molar refractivity (Wildman–Crippen MR) is 70.0 cm³/mol. The Morgan fingerprint density at radius 3 is 2.39 bits per heavy atom. The van der Waals surface area contributed by atoms with Crippen molar-refractivity contribution in [2.45, 2.75) is 6.10 Å². The number of hydrogen-bond donors (Lipinski definition) is 2. The van der Waals surface area contributed by atoms with Gasteiger partial charge in [0.1, 0.15) is 11.9 Å². The van der Waals surface area contributed by atoms with Crippen molar-refractivity contribution in [3.05, 3.63) is 26.7 Å². The molecule has 98 valence electrons. The average molecular weight is 270 g/mol. The van der Waals surface area contributed by atoms with Crippen LogP contribution in [0.25, 0.3) is 11.2 Å². The summed E-state index contributed by atoms with van der Waals surface area (Å²) in [6.07, 6.45) is -0.884. The Kier molecular flexibility index (Phi) is 3.07. The number of aromatic nitrogens is 4. The van der Waals surface area contributed by atoms with Crippen LogP contribution in [-0.2, 0) is 21.1 Å². The molecule has 8 heteroatoms. The summed E-state index contributed by atoms with van der Waals surface area (Å²) in [6.45, 7) is 0. The first kappa shape index (κ1) is 12.9. The van der Waals surface area contributed by atoms with E-state index in [-0.39, 0.29) is 16.9 Å². The lowest BCUT2D eigenvalue weighted by molar-refractivity contribution is 0.191. The molecule has 0 aliphatic carbocycles. The minimum absolute atomic E-state index is 0.186. The van der Waals surface area contributed by atoms with Gasteiger partial charge in [0.05, 0.1) is 0 Å². The molecular formula is C10H14N4O3S. The summed E-state index contributed by atoms with van der Waals surface area (Å²) < 4.78 is 3.80. The first-order valence-electron chi connectivity index (χ1n) is 5.31. The van der Waals surface area contributed by atoms with Crippen molar-refractivity contribution in [3.8, 4) is 0 Å². The number of hydrogen-bond acceptors (Lipinski definition) is 5. The first-order valence-corrected chi connectivity index (χ1v) is 5.94. The summed E-state index contributed by atoms with van der Waals surface area (Å²) in [5, 5.41) is 9.78. The van der Waals surface area contributed by atoms with Crippen LogP contribution in [0.1, 0.15) is 11.9 Å². The van der Waals surface area contributed by atoms with E-state index in [1.165, 1.54) is 23.2 Å². The molecule has 0 bridgehead atoms. The van der Waals surface area contributed by atoms with E-state index in [1.807, 2.05) is 0 Å². The van der Waals surface area contributed by atoms with E-state index < -0.39 is 17.4 Å². The molecule has 0 saturated heterocycles. The minimum Gasteiger partial charge on any atom is -0.384 e. The third-order valence-corrected chi connectivity index (χ3v) is 3.33. The van der Waals surface area contributed by atoms with Crippen molar-refractivity contribution in [3.63, 3.8) is 0 Å². The standard InChI is InChI=1S/C10H14N4O3S/c1-12-6-8(11-7(12)5(15)4-18)13(2)10(17)14(3)9(6)16/h5,15,18H,4H2,1-3H3.